The number of Topliss-reactive ketones (excluding diaryl/α,β-unsaturated/α-hetero) is 2. The Balaban J connectivity index is 3.43. The van der Waals surface area contributed by atoms with Gasteiger partial charge in [0, 0.05) is 6.42 Å². The first kappa shape index (κ1) is 22.0. The lowest BCUT2D eigenvalue weighted by molar-refractivity contribution is -0.140. The molecule has 0 radical (unpaired) electrons. The largest absolute Gasteiger partial charge is 0.508 e. The van der Waals surface area contributed by atoms with Crippen LogP contribution in [0.5, 0.6) is 0 Å². The van der Waals surface area contributed by atoms with Gasteiger partial charge in [-0.1, -0.05) is 45.4 Å². The van der Waals surface area contributed by atoms with Crippen LogP contribution in [0.15, 0.2) is 35.1 Å². The van der Waals surface area contributed by atoms with Gasteiger partial charge >= 0.3 is 0 Å². The van der Waals surface area contributed by atoms with Crippen LogP contribution in [0.25, 0.3) is 0 Å². The molecular formula is C21H30O5. The van der Waals surface area contributed by atoms with Crippen LogP contribution in [0, 0.1) is 17.8 Å². The van der Waals surface area contributed by atoms with Crippen molar-refractivity contribution in [2.24, 2.45) is 17.8 Å². The molecule has 144 valence electrons. The highest BCUT2D eigenvalue weighted by Crippen LogP contribution is 2.41. The van der Waals surface area contributed by atoms with Gasteiger partial charge in [0.1, 0.15) is 11.3 Å². The number of ketones is 3. The first-order valence-electron chi connectivity index (χ1n) is 9.02. The van der Waals surface area contributed by atoms with Crippen LogP contribution in [-0.2, 0) is 14.4 Å². The standard InChI is InChI=1S/C21H30O5/c1-12(2)7-9-15-19(24)18(16(22)11-14(5)6)20(25)21(15,26)17(23)10-8-13(3)4/h7-8,10,13-15,25-26H,9,11H2,1-6H3/b10-8+/t15?,21-/m0/s1. The number of hydrogen-bond acceptors (Lipinski definition) is 5. The van der Waals surface area contributed by atoms with E-state index >= 15 is 0 Å². The highest BCUT2D eigenvalue weighted by molar-refractivity contribution is 6.26. The van der Waals surface area contributed by atoms with Gasteiger partial charge in [0.15, 0.2) is 23.0 Å². The first-order valence-corrected chi connectivity index (χ1v) is 9.02. The van der Waals surface area contributed by atoms with E-state index in [0.29, 0.717) is 0 Å². The lowest BCUT2D eigenvalue weighted by Crippen LogP contribution is -2.45. The predicted octanol–water partition coefficient (Wildman–Crippen LogP) is 3.48. The summed E-state index contributed by atoms with van der Waals surface area (Å²) in [4.78, 5) is 37.9. The van der Waals surface area contributed by atoms with Crippen molar-refractivity contribution in [2.45, 2.75) is 60.0 Å². The molecule has 0 aromatic carbocycles. The van der Waals surface area contributed by atoms with E-state index in [0.717, 1.165) is 5.57 Å². The average molecular weight is 362 g/mol. The van der Waals surface area contributed by atoms with Crippen molar-refractivity contribution in [2.75, 3.05) is 0 Å². The van der Waals surface area contributed by atoms with Crippen molar-refractivity contribution in [3.63, 3.8) is 0 Å². The molecule has 0 saturated carbocycles. The molecule has 1 aliphatic rings. The molecule has 0 aromatic heterocycles. The molecule has 0 amide bonds. The van der Waals surface area contributed by atoms with Crippen LogP contribution in [0.4, 0.5) is 0 Å². The van der Waals surface area contributed by atoms with Gasteiger partial charge in [0.2, 0.25) is 0 Å². The van der Waals surface area contributed by atoms with Gasteiger partial charge in [0.25, 0.3) is 0 Å². The molecule has 0 spiro atoms. The van der Waals surface area contributed by atoms with Gasteiger partial charge in [-0.2, -0.15) is 0 Å². The maximum atomic E-state index is 12.8. The number of allylic oxidation sites excluding steroid dienone is 4. The Hall–Kier alpha value is -2.01. The van der Waals surface area contributed by atoms with E-state index in [-0.39, 0.29) is 24.7 Å². The summed E-state index contributed by atoms with van der Waals surface area (Å²) in [5, 5.41) is 21.6. The molecule has 0 aliphatic heterocycles. The molecule has 2 atom stereocenters. The van der Waals surface area contributed by atoms with Crippen molar-refractivity contribution < 1.29 is 24.6 Å². The van der Waals surface area contributed by atoms with E-state index in [1.165, 1.54) is 6.08 Å². The predicted molar refractivity (Wildman–Crippen MR) is 101 cm³/mol. The molecule has 0 aromatic rings. The fourth-order valence-corrected chi connectivity index (χ4v) is 2.91. The van der Waals surface area contributed by atoms with Gasteiger partial charge in [-0.05, 0) is 38.2 Å². The zero-order chi connectivity index (χ0) is 20.2. The quantitative estimate of drug-likeness (QED) is 0.392. The van der Waals surface area contributed by atoms with Crippen LogP contribution >= 0.6 is 0 Å². The summed E-state index contributed by atoms with van der Waals surface area (Å²) in [7, 11) is 0. The molecule has 1 unspecified atom stereocenters. The summed E-state index contributed by atoms with van der Waals surface area (Å²) in [5.74, 6) is -3.95. The Morgan fingerprint density at radius 1 is 1.19 bits per heavy atom. The minimum atomic E-state index is -2.39. The topological polar surface area (TPSA) is 91.7 Å². The van der Waals surface area contributed by atoms with E-state index < -0.39 is 40.2 Å². The van der Waals surface area contributed by atoms with Gasteiger partial charge in [-0.15, -0.1) is 0 Å². The molecule has 0 bridgehead atoms. The smallest absolute Gasteiger partial charge is 0.195 e. The maximum Gasteiger partial charge on any atom is 0.195 e. The number of carbonyl (C=O) groups excluding carboxylic acids is 3. The monoisotopic (exact) mass is 362 g/mol. The molecule has 0 saturated heterocycles. The van der Waals surface area contributed by atoms with Crippen molar-refractivity contribution in [3.05, 3.63) is 35.1 Å². The van der Waals surface area contributed by atoms with E-state index in [2.05, 4.69) is 0 Å². The molecule has 1 rings (SSSR count). The highest BCUT2D eigenvalue weighted by Gasteiger charge is 2.58. The number of aliphatic hydroxyl groups is 2. The molecular weight excluding hydrogens is 332 g/mol. The minimum Gasteiger partial charge on any atom is -0.508 e. The molecule has 2 N–H and O–H groups in total. The minimum absolute atomic E-state index is 0.0166. The van der Waals surface area contributed by atoms with Crippen LogP contribution in [0.1, 0.15) is 54.4 Å². The molecule has 26 heavy (non-hydrogen) atoms. The van der Waals surface area contributed by atoms with E-state index in [1.54, 1.807) is 12.2 Å². The number of carbonyl (C=O) groups is 3. The van der Waals surface area contributed by atoms with Gasteiger partial charge in [-0.25, -0.2) is 0 Å². The van der Waals surface area contributed by atoms with Crippen molar-refractivity contribution in [3.8, 4) is 0 Å². The lowest BCUT2D eigenvalue weighted by atomic mass is 9.82. The first-order chi connectivity index (χ1) is 11.9. The van der Waals surface area contributed by atoms with E-state index in [9.17, 15) is 24.6 Å². The molecule has 0 fully saturated rings. The van der Waals surface area contributed by atoms with Crippen LogP contribution in [0.3, 0.4) is 0 Å². The zero-order valence-electron chi connectivity index (χ0n) is 16.5. The fourth-order valence-electron chi connectivity index (χ4n) is 2.91. The fraction of sp³-hybridized carbons (Fsp3) is 0.571. The van der Waals surface area contributed by atoms with Crippen LogP contribution in [-0.4, -0.2) is 33.2 Å². The van der Waals surface area contributed by atoms with Gasteiger partial charge in [-0.3, -0.25) is 14.4 Å². The summed E-state index contributed by atoms with van der Waals surface area (Å²) in [6.45, 7) is 11.0. The molecule has 1 aliphatic carbocycles. The third-order valence-electron chi connectivity index (χ3n) is 4.31. The summed E-state index contributed by atoms with van der Waals surface area (Å²) in [6.07, 6.45) is 4.62. The Morgan fingerprint density at radius 2 is 1.77 bits per heavy atom. The van der Waals surface area contributed by atoms with Gasteiger partial charge in [0.05, 0.1) is 5.92 Å². The van der Waals surface area contributed by atoms with Crippen molar-refractivity contribution in [1.29, 1.82) is 0 Å². The summed E-state index contributed by atoms with van der Waals surface area (Å²) in [6, 6.07) is 0. The average Bonchev–Trinajstić information content (AvgIpc) is 2.69. The summed E-state index contributed by atoms with van der Waals surface area (Å²) in [5.41, 5.74) is -1.91. The zero-order valence-corrected chi connectivity index (χ0v) is 16.5. The van der Waals surface area contributed by atoms with Crippen LogP contribution in [0.2, 0.25) is 0 Å². The van der Waals surface area contributed by atoms with Gasteiger partial charge < -0.3 is 10.2 Å². The molecule has 5 nitrogen and oxygen atoms in total. The van der Waals surface area contributed by atoms with Crippen molar-refractivity contribution in [1.82, 2.24) is 0 Å². The molecule has 5 heteroatoms. The third-order valence-corrected chi connectivity index (χ3v) is 4.31. The number of aliphatic hydroxyl groups excluding tert-OH is 1. The highest BCUT2D eigenvalue weighted by atomic mass is 16.3. The molecule has 0 heterocycles. The lowest BCUT2D eigenvalue weighted by Gasteiger charge is -2.26. The van der Waals surface area contributed by atoms with Crippen molar-refractivity contribution >= 4 is 17.3 Å². The summed E-state index contributed by atoms with van der Waals surface area (Å²) < 4.78 is 0. The van der Waals surface area contributed by atoms with E-state index in [1.807, 2.05) is 41.5 Å². The second-order valence-electron chi connectivity index (χ2n) is 7.91. The Morgan fingerprint density at radius 3 is 2.23 bits per heavy atom. The second-order valence-corrected chi connectivity index (χ2v) is 7.91. The summed E-state index contributed by atoms with van der Waals surface area (Å²) >= 11 is 0. The SMILES string of the molecule is CC(C)=CCC1C(=O)C(C(=O)CC(C)C)=C(O)[C@@]1(O)C(=O)/C=C/C(C)C. The number of rotatable bonds is 8. The normalized spacial score (nSPS) is 23.4. The Kier molecular flexibility index (Phi) is 7.27. The maximum absolute atomic E-state index is 12.8. The van der Waals surface area contributed by atoms with E-state index in [4.69, 9.17) is 0 Å². The Bertz CT molecular complexity index is 675. The number of hydrogen-bond donors (Lipinski definition) is 2. The second kappa shape index (κ2) is 8.58. The van der Waals surface area contributed by atoms with Crippen LogP contribution < -0.4 is 0 Å². The third kappa shape index (κ3) is 4.58. The Labute approximate surface area is 155 Å².